The van der Waals surface area contributed by atoms with Crippen LogP contribution in [0.4, 0.5) is 0 Å². The van der Waals surface area contributed by atoms with Crippen LogP contribution in [0.25, 0.3) is 5.69 Å². The lowest BCUT2D eigenvalue weighted by atomic mass is 10.2. The Labute approximate surface area is 187 Å². The fraction of sp³-hybridized carbons (Fsp3) is 0.318. The maximum atomic E-state index is 12.7. The molecular weight excluding hydrogens is 434 g/mol. The Morgan fingerprint density at radius 3 is 2.58 bits per heavy atom. The van der Waals surface area contributed by atoms with Gasteiger partial charge >= 0.3 is 0 Å². The van der Waals surface area contributed by atoms with E-state index < -0.39 is 10.0 Å². The first kappa shape index (κ1) is 21.9. The van der Waals surface area contributed by atoms with Gasteiger partial charge in [-0.25, -0.2) is 13.4 Å². The van der Waals surface area contributed by atoms with E-state index in [0.29, 0.717) is 38.7 Å². The molecule has 1 aliphatic rings. The van der Waals surface area contributed by atoms with Crippen LogP contribution in [0.1, 0.15) is 5.56 Å². The summed E-state index contributed by atoms with van der Waals surface area (Å²) < 4.78 is 39.9. The van der Waals surface area contributed by atoms with Crippen LogP contribution in [0.5, 0.6) is 5.75 Å². The van der Waals surface area contributed by atoms with E-state index in [0.717, 1.165) is 16.6 Å². The van der Waals surface area contributed by atoms with Crippen LogP contribution in [-0.2, 0) is 14.8 Å². The standard InChI is InChI=1S/C22H25N3O4S2/c1-18-4-2-3-5-21(18)25-11-10-23-22(25)30-17-16-29-19-6-8-20(9-7-19)31(26,27)24-12-14-28-15-13-24/h2-11H,12-17H2,1H3. The molecule has 2 aromatic carbocycles. The van der Waals surface area contributed by atoms with Crippen molar-refractivity contribution >= 4 is 21.8 Å². The van der Waals surface area contributed by atoms with E-state index in [2.05, 4.69) is 28.6 Å². The topological polar surface area (TPSA) is 73.7 Å². The molecule has 0 bridgehead atoms. The molecule has 4 rings (SSSR count). The summed E-state index contributed by atoms with van der Waals surface area (Å²) >= 11 is 1.62. The van der Waals surface area contributed by atoms with Crippen molar-refractivity contribution in [3.63, 3.8) is 0 Å². The van der Waals surface area contributed by atoms with Crippen molar-refractivity contribution in [2.75, 3.05) is 38.7 Å². The zero-order valence-electron chi connectivity index (χ0n) is 17.3. The van der Waals surface area contributed by atoms with Gasteiger partial charge in [0.15, 0.2) is 5.16 Å². The fourth-order valence-corrected chi connectivity index (χ4v) is 5.54. The largest absolute Gasteiger partial charge is 0.493 e. The molecule has 1 saturated heterocycles. The Bertz CT molecular complexity index is 1110. The molecule has 0 aliphatic carbocycles. The van der Waals surface area contributed by atoms with Crippen molar-refractivity contribution in [2.45, 2.75) is 17.0 Å². The van der Waals surface area contributed by atoms with E-state index in [4.69, 9.17) is 9.47 Å². The Balaban J connectivity index is 1.31. The number of morpholine rings is 1. The van der Waals surface area contributed by atoms with Crippen molar-refractivity contribution in [1.82, 2.24) is 13.9 Å². The summed E-state index contributed by atoms with van der Waals surface area (Å²) in [7, 11) is -3.49. The molecular formula is C22H25N3O4S2. The van der Waals surface area contributed by atoms with Crippen LogP contribution in [0.2, 0.25) is 0 Å². The maximum absolute atomic E-state index is 12.7. The minimum Gasteiger partial charge on any atom is -0.493 e. The van der Waals surface area contributed by atoms with Crippen molar-refractivity contribution in [3.8, 4) is 11.4 Å². The molecule has 31 heavy (non-hydrogen) atoms. The number of benzene rings is 2. The average Bonchev–Trinajstić information content (AvgIpc) is 3.26. The summed E-state index contributed by atoms with van der Waals surface area (Å²) in [6, 6.07) is 14.8. The van der Waals surface area contributed by atoms with Gasteiger partial charge in [-0.3, -0.25) is 4.57 Å². The summed E-state index contributed by atoms with van der Waals surface area (Å²) in [6.45, 7) is 4.20. The molecule has 1 aromatic heterocycles. The smallest absolute Gasteiger partial charge is 0.243 e. The number of thioether (sulfide) groups is 1. The SMILES string of the molecule is Cc1ccccc1-n1ccnc1SCCOc1ccc(S(=O)(=O)N2CCOCC2)cc1. The van der Waals surface area contributed by atoms with E-state index in [-0.39, 0.29) is 4.90 Å². The van der Waals surface area contributed by atoms with Gasteiger partial charge in [-0.2, -0.15) is 4.31 Å². The van der Waals surface area contributed by atoms with Gasteiger partial charge in [0.2, 0.25) is 10.0 Å². The van der Waals surface area contributed by atoms with Gasteiger partial charge in [-0.15, -0.1) is 0 Å². The van der Waals surface area contributed by atoms with Gasteiger partial charge in [0, 0.05) is 31.2 Å². The number of sulfonamides is 1. The molecule has 7 nitrogen and oxygen atoms in total. The predicted molar refractivity (Wildman–Crippen MR) is 121 cm³/mol. The quantitative estimate of drug-likeness (QED) is 0.380. The molecule has 164 valence electrons. The second kappa shape index (κ2) is 9.86. The average molecular weight is 460 g/mol. The molecule has 1 aliphatic heterocycles. The summed E-state index contributed by atoms with van der Waals surface area (Å²) in [6.07, 6.45) is 3.75. The molecule has 0 spiro atoms. The molecule has 9 heteroatoms. The first-order valence-corrected chi connectivity index (χ1v) is 12.5. The van der Waals surface area contributed by atoms with Crippen molar-refractivity contribution in [2.24, 2.45) is 0 Å². The number of imidazole rings is 1. The summed E-state index contributed by atoms with van der Waals surface area (Å²) in [5.74, 6) is 1.36. The second-order valence-corrected chi connectivity index (χ2v) is 10.1. The number of aromatic nitrogens is 2. The highest BCUT2D eigenvalue weighted by atomic mass is 32.2. The van der Waals surface area contributed by atoms with Gasteiger partial charge in [-0.1, -0.05) is 30.0 Å². The monoisotopic (exact) mass is 459 g/mol. The Hall–Kier alpha value is -2.33. The molecule has 0 unspecified atom stereocenters. The molecule has 0 saturated carbocycles. The minimum absolute atomic E-state index is 0.274. The van der Waals surface area contributed by atoms with Crippen LogP contribution in [0.15, 0.2) is 71.0 Å². The zero-order valence-corrected chi connectivity index (χ0v) is 18.9. The highest BCUT2D eigenvalue weighted by Crippen LogP contribution is 2.24. The zero-order chi connectivity index (χ0) is 21.7. The number of hydrogen-bond acceptors (Lipinski definition) is 6. The maximum Gasteiger partial charge on any atom is 0.243 e. The van der Waals surface area contributed by atoms with E-state index in [1.54, 1.807) is 42.2 Å². The summed E-state index contributed by atoms with van der Waals surface area (Å²) in [5.41, 5.74) is 2.30. The second-order valence-electron chi connectivity index (χ2n) is 7.05. The molecule has 1 fully saturated rings. The van der Waals surface area contributed by atoms with Gasteiger partial charge in [0.25, 0.3) is 0 Å². The third-order valence-electron chi connectivity index (χ3n) is 5.00. The minimum atomic E-state index is -3.49. The third-order valence-corrected chi connectivity index (χ3v) is 7.84. The predicted octanol–water partition coefficient (Wildman–Crippen LogP) is 3.37. The van der Waals surface area contributed by atoms with Crippen LogP contribution in [-0.4, -0.2) is 60.9 Å². The number of nitrogens with zero attached hydrogens (tertiary/aromatic N) is 3. The lowest BCUT2D eigenvalue weighted by Crippen LogP contribution is -2.40. The van der Waals surface area contributed by atoms with Crippen LogP contribution in [0, 0.1) is 6.92 Å². The van der Waals surface area contributed by atoms with Crippen molar-refractivity contribution in [3.05, 3.63) is 66.5 Å². The number of aryl methyl sites for hydroxylation is 1. The molecule has 0 radical (unpaired) electrons. The first-order valence-electron chi connectivity index (χ1n) is 10.1. The van der Waals surface area contributed by atoms with Gasteiger partial charge in [0.05, 0.1) is 30.4 Å². The first-order chi connectivity index (χ1) is 15.1. The normalized spacial score (nSPS) is 15.1. The lowest BCUT2D eigenvalue weighted by Gasteiger charge is -2.26. The van der Waals surface area contributed by atoms with Gasteiger partial charge in [0.1, 0.15) is 5.75 Å². The number of hydrogen-bond donors (Lipinski definition) is 0. The highest BCUT2D eigenvalue weighted by Gasteiger charge is 2.26. The molecule has 0 N–H and O–H groups in total. The third kappa shape index (κ3) is 5.12. The number of para-hydroxylation sites is 1. The Kier molecular flexibility index (Phi) is 6.96. The van der Waals surface area contributed by atoms with Gasteiger partial charge in [-0.05, 0) is 42.8 Å². The Morgan fingerprint density at radius 1 is 1.10 bits per heavy atom. The van der Waals surface area contributed by atoms with E-state index >= 15 is 0 Å². The van der Waals surface area contributed by atoms with E-state index in [9.17, 15) is 8.42 Å². The summed E-state index contributed by atoms with van der Waals surface area (Å²) in [4.78, 5) is 4.73. The fourth-order valence-electron chi connectivity index (χ4n) is 3.35. The van der Waals surface area contributed by atoms with Crippen molar-refractivity contribution in [1.29, 1.82) is 0 Å². The molecule has 0 amide bonds. The number of rotatable bonds is 8. The van der Waals surface area contributed by atoms with Crippen molar-refractivity contribution < 1.29 is 17.9 Å². The highest BCUT2D eigenvalue weighted by molar-refractivity contribution is 7.99. The number of ether oxygens (including phenoxy) is 2. The van der Waals surface area contributed by atoms with Crippen LogP contribution >= 0.6 is 11.8 Å². The molecule has 2 heterocycles. The van der Waals surface area contributed by atoms with Crippen LogP contribution < -0.4 is 4.74 Å². The molecule has 3 aromatic rings. The van der Waals surface area contributed by atoms with E-state index in [1.807, 2.05) is 18.3 Å². The summed E-state index contributed by atoms with van der Waals surface area (Å²) in [5, 5.41) is 0.907. The van der Waals surface area contributed by atoms with Gasteiger partial charge < -0.3 is 9.47 Å². The molecule has 0 atom stereocenters. The van der Waals surface area contributed by atoms with Crippen LogP contribution in [0.3, 0.4) is 0 Å². The van der Waals surface area contributed by atoms with E-state index in [1.165, 1.54) is 9.87 Å². The lowest BCUT2D eigenvalue weighted by molar-refractivity contribution is 0.0730. The Morgan fingerprint density at radius 2 is 1.84 bits per heavy atom.